The molecule has 0 radical (unpaired) electrons. The molecule has 1 aromatic rings. The van der Waals surface area contributed by atoms with Crippen molar-refractivity contribution in [3.63, 3.8) is 0 Å². The van der Waals surface area contributed by atoms with Crippen molar-refractivity contribution in [2.75, 3.05) is 39.8 Å². The molecule has 2 fully saturated rings. The quantitative estimate of drug-likeness (QED) is 0.897. The molecule has 2 saturated heterocycles. The number of rotatable bonds is 4. The molecule has 2 unspecified atom stereocenters. The Morgan fingerprint density at radius 2 is 2.30 bits per heavy atom. The highest BCUT2D eigenvalue weighted by atomic mass is 16.5. The van der Waals surface area contributed by atoms with Gasteiger partial charge in [-0.1, -0.05) is 12.1 Å². The second-order valence-corrected chi connectivity index (χ2v) is 6.62. The Morgan fingerprint density at radius 1 is 1.43 bits per heavy atom. The summed E-state index contributed by atoms with van der Waals surface area (Å²) in [5.74, 6) is 1.86. The second-order valence-electron chi connectivity index (χ2n) is 6.62. The molecule has 2 aliphatic rings. The van der Waals surface area contributed by atoms with E-state index in [2.05, 4.69) is 27.4 Å². The molecule has 2 aliphatic heterocycles. The molecule has 3 heterocycles. The normalized spacial score (nSPS) is 26.4. The molecule has 128 valence electrons. The summed E-state index contributed by atoms with van der Waals surface area (Å²) in [4.78, 5) is 21.0. The van der Waals surface area contributed by atoms with E-state index >= 15 is 0 Å². The summed E-state index contributed by atoms with van der Waals surface area (Å²) in [6.45, 7) is 6.43. The van der Waals surface area contributed by atoms with Gasteiger partial charge in [-0.3, -0.25) is 9.69 Å². The van der Waals surface area contributed by atoms with Crippen LogP contribution in [0.4, 0.5) is 0 Å². The Balaban J connectivity index is 1.66. The van der Waals surface area contributed by atoms with Crippen molar-refractivity contribution < 1.29 is 9.32 Å². The Hall–Kier alpha value is -1.47. The van der Waals surface area contributed by atoms with Crippen LogP contribution in [0.25, 0.3) is 0 Å². The smallest absolute Gasteiger partial charge is 0.231 e. The van der Waals surface area contributed by atoms with Crippen LogP contribution in [0.1, 0.15) is 56.3 Å². The number of carbonyl (C=O) groups is 1. The average Bonchev–Trinajstić information content (AvgIpc) is 3.05. The lowest BCUT2D eigenvalue weighted by atomic mass is 9.97. The van der Waals surface area contributed by atoms with Gasteiger partial charge in [0.05, 0.1) is 12.0 Å². The molecule has 0 bridgehead atoms. The molecule has 2 atom stereocenters. The highest BCUT2D eigenvalue weighted by Gasteiger charge is 2.30. The Labute approximate surface area is 137 Å². The largest absolute Gasteiger partial charge is 0.342 e. The zero-order valence-corrected chi connectivity index (χ0v) is 14.1. The number of amides is 1. The van der Waals surface area contributed by atoms with Gasteiger partial charge in [0.15, 0.2) is 5.82 Å². The molecule has 3 rings (SSSR count). The molecule has 7 nitrogen and oxygen atoms in total. The summed E-state index contributed by atoms with van der Waals surface area (Å²) < 4.78 is 5.54. The van der Waals surface area contributed by atoms with Gasteiger partial charge in [0.25, 0.3) is 0 Å². The molecular weight excluding hydrogens is 294 g/mol. The fraction of sp³-hybridized carbons (Fsp3) is 0.812. The van der Waals surface area contributed by atoms with Crippen LogP contribution in [-0.2, 0) is 4.79 Å². The van der Waals surface area contributed by atoms with Gasteiger partial charge in [-0.05, 0) is 26.3 Å². The molecule has 0 aromatic carbocycles. The number of nitrogens with zero attached hydrogens (tertiary/aromatic N) is 4. The Kier molecular flexibility index (Phi) is 5.27. The third-order valence-electron chi connectivity index (χ3n) is 4.85. The van der Waals surface area contributed by atoms with E-state index in [9.17, 15) is 4.79 Å². The lowest BCUT2D eigenvalue weighted by Gasteiger charge is -2.31. The van der Waals surface area contributed by atoms with E-state index in [0.29, 0.717) is 18.9 Å². The molecule has 0 aliphatic carbocycles. The van der Waals surface area contributed by atoms with Gasteiger partial charge in [0, 0.05) is 39.1 Å². The van der Waals surface area contributed by atoms with Crippen LogP contribution >= 0.6 is 0 Å². The fourth-order valence-electron chi connectivity index (χ4n) is 3.42. The lowest BCUT2D eigenvalue weighted by Crippen LogP contribution is -2.44. The van der Waals surface area contributed by atoms with E-state index < -0.39 is 0 Å². The minimum absolute atomic E-state index is 0.169. The monoisotopic (exact) mass is 321 g/mol. The minimum atomic E-state index is 0.169. The first-order chi connectivity index (χ1) is 11.2. The zero-order valence-electron chi connectivity index (χ0n) is 14.1. The highest BCUT2D eigenvalue weighted by Crippen LogP contribution is 2.28. The van der Waals surface area contributed by atoms with Gasteiger partial charge in [-0.2, -0.15) is 4.98 Å². The van der Waals surface area contributed by atoms with Crippen LogP contribution in [0, 0.1) is 0 Å². The molecule has 23 heavy (non-hydrogen) atoms. The number of likely N-dealkylation sites (N-methyl/N-ethyl adjacent to an activating group) is 1. The maximum absolute atomic E-state index is 12.1. The van der Waals surface area contributed by atoms with Crippen molar-refractivity contribution in [1.29, 1.82) is 0 Å². The number of likely N-dealkylation sites (tertiary alicyclic amines) is 1. The van der Waals surface area contributed by atoms with Crippen molar-refractivity contribution in [3.8, 4) is 0 Å². The van der Waals surface area contributed by atoms with Gasteiger partial charge >= 0.3 is 0 Å². The second kappa shape index (κ2) is 7.40. The lowest BCUT2D eigenvalue weighted by molar-refractivity contribution is -0.132. The summed E-state index contributed by atoms with van der Waals surface area (Å²) in [6.07, 6.45) is 3.53. The highest BCUT2D eigenvalue weighted by molar-refractivity contribution is 5.76. The van der Waals surface area contributed by atoms with Crippen molar-refractivity contribution in [3.05, 3.63) is 11.7 Å². The van der Waals surface area contributed by atoms with E-state index in [1.165, 1.54) is 0 Å². The molecule has 7 heteroatoms. The minimum Gasteiger partial charge on any atom is -0.342 e. The van der Waals surface area contributed by atoms with Crippen LogP contribution < -0.4 is 5.32 Å². The Morgan fingerprint density at radius 3 is 3.09 bits per heavy atom. The third-order valence-corrected chi connectivity index (χ3v) is 4.85. The number of aromatic nitrogens is 2. The zero-order chi connectivity index (χ0) is 16.2. The van der Waals surface area contributed by atoms with Crippen LogP contribution in [0.2, 0.25) is 0 Å². The van der Waals surface area contributed by atoms with Crippen LogP contribution in [0.5, 0.6) is 0 Å². The first-order valence-electron chi connectivity index (χ1n) is 8.71. The summed E-state index contributed by atoms with van der Waals surface area (Å²) >= 11 is 0. The maximum Gasteiger partial charge on any atom is 0.231 e. The first kappa shape index (κ1) is 16.4. The Bertz CT molecular complexity index is 532. The van der Waals surface area contributed by atoms with Gasteiger partial charge < -0.3 is 14.7 Å². The van der Waals surface area contributed by atoms with E-state index in [4.69, 9.17) is 4.52 Å². The molecule has 1 amide bonds. The summed E-state index contributed by atoms with van der Waals surface area (Å²) in [5, 5.41) is 7.57. The molecule has 0 spiro atoms. The predicted molar refractivity (Wildman–Crippen MR) is 86.0 cm³/mol. The number of piperazine rings is 1. The van der Waals surface area contributed by atoms with Gasteiger partial charge in [0.2, 0.25) is 11.8 Å². The SMILES string of the molecule is CCCC(=O)N1CCCC(c2nc(C3CNCCN3C)no2)C1. The van der Waals surface area contributed by atoms with Crippen molar-refractivity contribution >= 4 is 5.91 Å². The van der Waals surface area contributed by atoms with Crippen molar-refractivity contribution in [1.82, 2.24) is 25.3 Å². The number of hydrogen-bond donors (Lipinski definition) is 1. The predicted octanol–water partition coefficient (Wildman–Crippen LogP) is 1.15. The van der Waals surface area contributed by atoms with E-state index in [1.54, 1.807) is 0 Å². The molecule has 0 saturated carbocycles. The van der Waals surface area contributed by atoms with Crippen LogP contribution in [0.3, 0.4) is 0 Å². The van der Waals surface area contributed by atoms with Gasteiger partial charge in [-0.25, -0.2) is 0 Å². The third kappa shape index (κ3) is 3.72. The first-order valence-corrected chi connectivity index (χ1v) is 8.71. The fourth-order valence-corrected chi connectivity index (χ4v) is 3.42. The molecule has 1 N–H and O–H groups in total. The maximum atomic E-state index is 12.1. The number of nitrogens with one attached hydrogen (secondary N) is 1. The van der Waals surface area contributed by atoms with E-state index in [0.717, 1.165) is 51.3 Å². The summed E-state index contributed by atoms with van der Waals surface area (Å²) in [6, 6.07) is 0.169. The van der Waals surface area contributed by atoms with Crippen molar-refractivity contribution in [2.45, 2.75) is 44.6 Å². The van der Waals surface area contributed by atoms with Gasteiger partial charge in [-0.15, -0.1) is 0 Å². The van der Waals surface area contributed by atoms with E-state index in [1.807, 2.05) is 11.8 Å². The summed E-state index contributed by atoms with van der Waals surface area (Å²) in [5.41, 5.74) is 0. The number of piperidine rings is 1. The summed E-state index contributed by atoms with van der Waals surface area (Å²) in [7, 11) is 2.09. The molecule has 1 aromatic heterocycles. The van der Waals surface area contributed by atoms with Gasteiger partial charge in [0.1, 0.15) is 0 Å². The molecular formula is C16H27N5O2. The standard InChI is InChI=1S/C16H27N5O2/c1-3-5-14(22)21-8-4-6-12(11-21)16-18-15(19-23-16)13-10-17-7-9-20(13)2/h12-13,17H,3-11H2,1-2H3. The number of carbonyl (C=O) groups excluding carboxylic acids is 1. The topological polar surface area (TPSA) is 74.5 Å². The van der Waals surface area contributed by atoms with Crippen LogP contribution in [-0.4, -0.2) is 65.6 Å². The number of hydrogen-bond acceptors (Lipinski definition) is 6. The average molecular weight is 321 g/mol. The van der Waals surface area contributed by atoms with Crippen LogP contribution in [0.15, 0.2) is 4.52 Å². The van der Waals surface area contributed by atoms with E-state index in [-0.39, 0.29) is 17.9 Å². The van der Waals surface area contributed by atoms with Crippen molar-refractivity contribution in [2.24, 2.45) is 0 Å².